The number of piperidine rings is 1. The van der Waals surface area contributed by atoms with Crippen LogP contribution in [0.15, 0.2) is 24.8 Å². The number of aryl methyl sites for hydroxylation is 1. The van der Waals surface area contributed by atoms with Crippen molar-refractivity contribution in [2.45, 2.75) is 19.8 Å². The second-order valence-corrected chi connectivity index (χ2v) is 7.15. The average Bonchev–Trinajstić information content (AvgIpc) is 3.34. The first-order chi connectivity index (χ1) is 12.7. The molecule has 4 rings (SSSR count). The van der Waals surface area contributed by atoms with E-state index in [1.807, 2.05) is 19.1 Å². The van der Waals surface area contributed by atoms with Crippen molar-refractivity contribution in [3.8, 4) is 5.82 Å². The lowest BCUT2D eigenvalue weighted by atomic mass is 9.96. The highest BCUT2D eigenvalue weighted by molar-refractivity contribution is 7.15. The summed E-state index contributed by atoms with van der Waals surface area (Å²) in [6.07, 6.45) is 4.55. The molecule has 3 aromatic heterocycles. The maximum Gasteiger partial charge on any atom is 0.229 e. The minimum Gasteiger partial charge on any atom is -0.355 e. The third kappa shape index (κ3) is 3.52. The molecule has 11 heteroatoms. The van der Waals surface area contributed by atoms with E-state index in [1.54, 1.807) is 11.0 Å². The maximum absolute atomic E-state index is 12.4. The number of rotatable bonds is 4. The summed E-state index contributed by atoms with van der Waals surface area (Å²) in [4.78, 5) is 18.4. The van der Waals surface area contributed by atoms with Crippen LogP contribution in [-0.2, 0) is 4.79 Å². The number of nitrogens with one attached hydrogen (secondary N) is 1. The molecule has 0 aromatic carbocycles. The fourth-order valence-corrected chi connectivity index (χ4v) is 3.46. The van der Waals surface area contributed by atoms with Gasteiger partial charge in [0, 0.05) is 19.0 Å². The van der Waals surface area contributed by atoms with E-state index >= 15 is 0 Å². The Labute approximate surface area is 153 Å². The second kappa shape index (κ2) is 7.12. The molecule has 0 spiro atoms. The molecule has 0 saturated carbocycles. The fraction of sp³-hybridized carbons (Fsp3) is 0.400. The number of carbonyl (C=O) groups is 1. The second-order valence-electron chi connectivity index (χ2n) is 5.97. The van der Waals surface area contributed by atoms with E-state index in [1.165, 1.54) is 17.7 Å². The van der Waals surface area contributed by atoms with Crippen molar-refractivity contribution in [1.29, 1.82) is 0 Å². The highest BCUT2D eigenvalue weighted by Crippen LogP contribution is 2.23. The van der Waals surface area contributed by atoms with Crippen LogP contribution in [0, 0.1) is 12.8 Å². The molecule has 4 heterocycles. The summed E-state index contributed by atoms with van der Waals surface area (Å²) in [5, 5.41) is 24.6. The SMILES string of the molecule is Cc1nnc(NC(=O)C2CCN(c3ccc(-n4cncn4)nn3)CC2)s1. The molecule has 0 bridgehead atoms. The lowest BCUT2D eigenvalue weighted by Crippen LogP contribution is -2.38. The van der Waals surface area contributed by atoms with E-state index in [9.17, 15) is 4.79 Å². The Morgan fingerprint density at radius 1 is 1.15 bits per heavy atom. The summed E-state index contributed by atoms with van der Waals surface area (Å²) in [5.41, 5.74) is 0. The lowest BCUT2D eigenvalue weighted by molar-refractivity contribution is -0.120. The Kier molecular flexibility index (Phi) is 4.52. The van der Waals surface area contributed by atoms with Crippen LogP contribution in [0.5, 0.6) is 0 Å². The largest absolute Gasteiger partial charge is 0.355 e. The normalized spacial score (nSPS) is 15.2. The van der Waals surface area contributed by atoms with Crippen LogP contribution in [0.4, 0.5) is 10.9 Å². The summed E-state index contributed by atoms with van der Waals surface area (Å²) in [7, 11) is 0. The number of anilines is 2. The summed E-state index contributed by atoms with van der Waals surface area (Å²) in [5.74, 6) is 1.39. The molecular formula is C15H17N9OS. The maximum atomic E-state index is 12.4. The molecule has 1 N–H and O–H groups in total. The highest BCUT2D eigenvalue weighted by Gasteiger charge is 2.26. The van der Waals surface area contributed by atoms with Crippen LogP contribution < -0.4 is 10.2 Å². The van der Waals surface area contributed by atoms with Crippen molar-refractivity contribution < 1.29 is 4.79 Å². The number of carbonyl (C=O) groups excluding carboxylic acids is 1. The zero-order valence-corrected chi connectivity index (χ0v) is 14.9. The van der Waals surface area contributed by atoms with Gasteiger partial charge in [-0.2, -0.15) is 5.10 Å². The van der Waals surface area contributed by atoms with E-state index in [0.29, 0.717) is 10.9 Å². The summed E-state index contributed by atoms with van der Waals surface area (Å²) in [6.45, 7) is 3.37. The van der Waals surface area contributed by atoms with Gasteiger partial charge in [0.2, 0.25) is 11.0 Å². The van der Waals surface area contributed by atoms with Gasteiger partial charge in [-0.1, -0.05) is 11.3 Å². The molecule has 1 aliphatic heterocycles. The molecule has 3 aromatic rings. The Morgan fingerprint density at radius 3 is 2.54 bits per heavy atom. The monoisotopic (exact) mass is 371 g/mol. The smallest absolute Gasteiger partial charge is 0.229 e. The van der Waals surface area contributed by atoms with Crippen molar-refractivity contribution in [2.24, 2.45) is 5.92 Å². The van der Waals surface area contributed by atoms with Crippen molar-refractivity contribution >= 4 is 28.2 Å². The first-order valence-corrected chi connectivity index (χ1v) is 9.05. The minimum atomic E-state index is -0.0298. The molecule has 0 aliphatic carbocycles. The van der Waals surface area contributed by atoms with Crippen molar-refractivity contribution in [3.63, 3.8) is 0 Å². The van der Waals surface area contributed by atoms with Crippen LogP contribution in [-0.4, -0.2) is 54.2 Å². The van der Waals surface area contributed by atoms with Gasteiger partial charge in [-0.25, -0.2) is 9.67 Å². The summed E-state index contributed by atoms with van der Waals surface area (Å²) < 4.78 is 1.56. The number of hydrogen-bond acceptors (Lipinski definition) is 9. The molecule has 1 amide bonds. The third-order valence-corrected chi connectivity index (χ3v) is 4.99. The van der Waals surface area contributed by atoms with E-state index < -0.39 is 0 Å². The van der Waals surface area contributed by atoms with Gasteiger partial charge in [0.05, 0.1) is 0 Å². The predicted octanol–water partition coefficient (Wildman–Crippen LogP) is 1.07. The van der Waals surface area contributed by atoms with Crippen molar-refractivity contribution in [3.05, 3.63) is 29.8 Å². The van der Waals surface area contributed by atoms with Gasteiger partial charge < -0.3 is 10.2 Å². The molecule has 1 saturated heterocycles. The van der Waals surface area contributed by atoms with Crippen molar-refractivity contribution in [2.75, 3.05) is 23.3 Å². The fourth-order valence-electron chi connectivity index (χ4n) is 2.86. The lowest BCUT2D eigenvalue weighted by Gasteiger charge is -2.31. The molecule has 26 heavy (non-hydrogen) atoms. The number of hydrogen-bond donors (Lipinski definition) is 1. The molecule has 0 unspecified atom stereocenters. The zero-order chi connectivity index (χ0) is 17.9. The molecule has 1 aliphatic rings. The van der Waals surface area contributed by atoms with E-state index in [-0.39, 0.29) is 11.8 Å². The zero-order valence-electron chi connectivity index (χ0n) is 14.1. The molecule has 0 atom stereocenters. The van der Waals surface area contributed by atoms with E-state index in [4.69, 9.17) is 0 Å². The predicted molar refractivity (Wildman–Crippen MR) is 95.2 cm³/mol. The Balaban J connectivity index is 1.33. The van der Waals surface area contributed by atoms with Gasteiger partial charge in [-0.15, -0.1) is 20.4 Å². The minimum absolute atomic E-state index is 0.00779. The Morgan fingerprint density at radius 2 is 1.92 bits per heavy atom. The van der Waals surface area contributed by atoms with Crippen LogP contribution in [0.1, 0.15) is 17.8 Å². The number of nitrogens with zero attached hydrogens (tertiary/aromatic N) is 8. The Hall–Kier alpha value is -2.95. The van der Waals surface area contributed by atoms with E-state index in [0.717, 1.165) is 36.8 Å². The first-order valence-electron chi connectivity index (χ1n) is 8.24. The topological polar surface area (TPSA) is 115 Å². The molecule has 10 nitrogen and oxygen atoms in total. The van der Waals surface area contributed by atoms with Crippen LogP contribution >= 0.6 is 11.3 Å². The number of amides is 1. The highest BCUT2D eigenvalue weighted by atomic mass is 32.1. The molecular weight excluding hydrogens is 354 g/mol. The molecule has 0 radical (unpaired) electrons. The first kappa shape index (κ1) is 16.5. The van der Waals surface area contributed by atoms with Gasteiger partial charge in [0.15, 0.2) is 11.6 Å². The van der Waals surface area contributed by atoms with Gasteiger partial charge in [-0.3, -0.25) is 4.79 Å². The third-order valence-electron chi connectivity index (χ3n) is 4.24. The van der Waals surface area contributed by atoms with Gasteiger partial charge in [0.25, 0.3) is 0 Å². The average molecular weight is 371 g/mol. The summed E-state index contributed by atoms with van der Waals surface area (Å²) in [6, 6.07) is 3.77. The molecule has 134 valence electrons. The Bertz CT molecular complexity index is 869. The quantitative estimate of drug-likeness (QED) is 0.724. The molecule has 1 fully saturated rings. The van der Waals surface area contributed by atoms with Gasteiger partial charge in [-0.05, 0) is 31.9 Å². The van der Waals surface area contributed by atoms with Gasteiger partial charge >= 0.3 is 0 Å². The van der Waals surface area contributed by atoms with Crippen molar-refractivity contribution in [1.82, 2.24) is 35.2 Å². The van der Waals surface area contributed by atoms with Crippen LogP contribution in [0.2, 0.25) is 0 Å². The summed E-state index contributed by atoms with van der Waals surface area (Å²) >= 11 is 1.38. The van der Waals surface area contributed by atoms with Crippen LogP contribution in [0.3, 0.4) is 0 Å². The van der Waals surface area contributed by atoms with E-state index in [2.05, 4.69) is 40.7 Å². The van der Waals surface area contributed by atoms with Crippen LogP contribution in [0.25, 0.3) is 5.82 Å². The standard InChI is InChI=1S/C15H17N9OS/c1-10-19-22-15(26-10)18-14(25)11-4-6-23(7-5-11)12-2-3-13(21-20-12)24-9-16-8-17-24/h2-3,8-9,11H,4-7H2,1H3,(H,18,22,25). The van der Waals surface area contributed by atoms with Gasteiger partial charge in [0.1, 0.15) is 17.7 Å². The number of aromatic nitrogens is 7.